The number of nitrogens with one attached hydrogen (secondary N) is 1. The molecule has 0 unspecified atom stereocenters. The predicted molar refractivity (Wildman–Crippen MR) is 60.2 cm³/mol. The summed E-state index contributed by atoms with van der Waals surface area (Å²) in [6.45, 7) is 1.85. The van der Waals surface area contributed by atoms with Crippen LogP contribution in [0.3, 0.4) is 0 Å². The van der Waals surface area contributed by atoms with Crippen molar-refractivity contribution in [2.24, 2.45) is 7.05 Å². The van der Waals surface area contributed by atoms with E-state index in [2.05, 4.69) is 21.5 Å². The average Bonchev–Trinajstić information content (AvgIpc) is 2.63. The monoisotopic (exact) mass is 213 g/mol. The first kappa shape index (κ1) is 10.2. The molecule has 0 aromatic carbocycles. The van der Waals surface area contributed by atoms with Gasteiger partial charge in [0.15, 0.2) is 5.82 Å². The molecular formula is C11H11N5. The number of anilines is 2. The summed E-state index contributed by atoms with van der Waals surface area (Å²) < 4.78 is 1.70. The van der Waals surface area contributed by atoms with E-state index in [0.717, 1.165) is 5.69 Å². The summed E-state index contributed by atoms with van der Waals surface area (Å²) in [5.41, 5.74) is 1.39. The topological polar surface area (TPSA) is 66.5 Å². The minimum atomic E-state index is 0.589. The summed E-state index contributed by atoms with van der Waals surface area (Å²) in [6, 6.07) is 7.37. The molecule has 0 atom stereocenters. The lowest BCUT2D eigenvalue weighted by atomic mass is 10.2. The van der Waals surface area contributed by atoms with E-state index in [1.807, 2.05) is 26.2 Å². The lowest BCUT2D eigenvalue weighted by Gasteiger charge is -2.03. The fourth-order valence-corrected chi connectivity index (χ4v) is 1.41. The highest BCUT2D eigenvalue weighted by atomic mass is 15.3. The third kappa shape index (κ3) is 2.17. The lowest BCUT2D eigenvalue weighted by molar-refractivity contribution is 0.771. The van der Waals surface area contributed by atoms with Crippen molar-refractivity contribution in [1.29, 1.82) is 5.26 Å². The van der Waals surface area contributed by atoms with Crippen molar-refractivity contribution in [3.05, 3.63) is 35.7 Å². The normalized spacial score (nSPS) is 9.81. The van der Waals surface area contributed by atoms with E-state index in [9.17, 15) is 0 Å². The molecule has 0 bridgehead atoms. The highest BCUT2D eigenvalue weighted by Gasteiger charge is 2.02. The minimum absolute atomic E-state index is 0.589. The Bertz CT molecular complexity index is 550. The fraction of sp³-hybridized carbons (Fsp3) is 0.182. The summed E-state index contributed by atoms with van der Waals surface area (Å²) in [7, 11) is 1.84. The van der Waals surface area contributed by atoms with E-state index in [0.29, 0.717) is 17.2 Å². The van der Waals surface area contributed by atoms with Gasteiger partial charge in [0, 0.05) is 25.0 Å². The Morgan fingerprint density at radius 2 is 2.19 bits per heavy atom. The first-order valence-corrected chi connectivity index (χ1v) is 4.83. The summed E-state index contributed by atoms with van der Waals surface area (Å²) in [6.07, 6.45) is 1.84. The zero-order valence-corrected chi connectivity index (χ0v) is 9.10. The molecule has 0 aliphatic heterocycles. The van der Waals surface area contributed by atoms with E-state index >= 15 is 0 Å². The van der Waals surface area contributed by atoms with Crippen LogP contribution in [-0.2, 0) is 7.05 Å². The zero-order chi connectivity index (χ0) is 11.5. The van der Waals surface area contributed by atoms with Crippen molar-refractivity contribution >= 4 is 11.6 Å². The Morgan fingerprint density at radius 1 is 1.38 bits per heavy atom. The molecule has 0 radical (unpaired) electrons. The van der Waals surface area contributed by atoms with Gasteiger partial charge in [0.05, 0.1) is 11.6 Å². The quantitative estimate of drug-likeness (QED) is 0.825. The third-order valence-corrected chi connectivity index (χ3v) is 2.05. The minimum Gasteiger partial charge on any atom is -0.323 e. The van der Waals surface area contributed by atoms with Gasteiger partial charge in [-0.05, 0) is 19.1 Å². The van der Waals surface area contributed by atoms with Crippen LogP contribution in [0.15, 0.2) is 24.4 Å². The van der Waals surface area contributed by atoms with Crippen LogP contribution < -0.4 is 5.32 Å². The Balaban J connectivity index is 2.28. The van der Waals surface area contributed by atoms with Gasteiger partial charge in [-0.1, -0.05) is 0 Å². The second-order valence-corrected chi connectivity index (χ2v) is 3.49. The third-order valence-electron chi connectivity index (χ3n) is 2.05. The molecule has 5 nitrogen and oxygen atoms in total. The van der Waals surface area contributed by atoms with Crippen LogP contribution in [0, 0.1) is 18.3 Å². The lowest BCUT2D eigenvalue weighted by Crippen LogP contribution is -1.97. The average molecular weight is 213 g/mol. The zero-order valence-electron chi connectivity index (χ0n) is 9.10. The molecule has 0 spiro atoms. The summed E-state index contributed by atoms with van der Waals surface area (Å²) in [4.78, 5) is 4.27. The molecule has 1 N–H and O–H groups in total. The Kier molecular flexibility index (Phi) is 2.56. The Morgan fingerprint density at radius 3 is 2.81 bits per heavy atom. The second-order valence-electron chi connectivity index (χ2n) is 3.49. The highest BCUT2D eigenvalue weighted by Crippen LogP contribution is 2.14. The highest BCUT2D eigenvalue weighted by molar-refractivity contribution is 5.54. The van der Waals surface area contributed by atoms with Crippen molar-refractivity contribution < 1.29 is 0 Å². The summed E-state index contributed by atoms with van der Waals surface area (Å²) >= 11 is 0. The van der Waals surface area contributed by atoms with Crippen LogP contribution >= 0.6 is 0 Å². The fourth-order valence-electron chi connectivity index (χ4n) is 1.41. The molecule has 5 heteroatoms. The van der Waals surface area contributed by atoms with Gasteiger partial charge in [-0.25, -0.2) is 4.98 Å². The van der Waals surface area contributed by atoms with Crippen LogP contribution in [0.25, 0.3) is 0 Å². The Labute approximate surface area is 93.4 Å². The number of aryl methyl sites for hydroxylation is 2. The number of rotatable bonds is 2. The van der Waals surface area contributed by atoms with Gasteiger partial charge in [0.25, 0.3) is 0 Å². The van der Waals surface area contributed by atoms with Crippen molar-refractivity contribution in [3.63, 3.8) is 0 Å². The maximum absolute atomic E-state index is 8.83. The van der Waals surface area contributed by atoms with Crippen LogP contribution in [-0.4, -0.2) is 14.8 Å². The van der Waals surface area contributed by atoms with Crippen LogP contribution in [0.4, 0.5) is 11.6 Å². The van der Waals surface area contributed by atoms with Crippen molar-refractivity contribution in [3.8, 4) is 6.07 Å². The van der Waals surface area contributed by atoms with Gasteiger partial charge in [0.1, 0.15) is 5.82 Å². The van der Waals surface area contributed by atoms with E-state index < -0.39 is 0 Å². The Hall–Kier alpha value is -2.35. The van der Waals surface area contributed by atoms with E-state index in [-0.39, 0.29) is 0 Å². The van der Waals surface area contributed by atoms with Crippen molar-refractivity contribution in [1.82, 2.24) is 14.8 Å². The summed E-state index contributed by atoms with van der Waals surface area (Å²) in [5.74, 6) is 1.35. The van der Waals surface area contributed by atoms with Crippen LogP contribution in [0.5, 0.6) is 0 Å². The molecule has 0 saturated heterocycles. The molecule has 0 fully saturated rings. The molecule has 0 amide bonds. The maximum Gasteiger partial charge on any atom is 0.153 e. The van der Waals surface area contributed by atoms with E-state index in [4.69, 9.17) is 5.26 Å². The van der Waals surface area contributed by atoms with E-state index in [1.165, 1.54) is 0 Å². The number of pyridine rings is 1. The molecular weight excluding hydrogens is 202 g/mol. The smallest absolute Gasteiger partial charge is 0.153 e. The standard InChI is InChI=1S/C11H11N5/c1-8-5-9(7-12)6-11(13-8)14-10-3-4-16(2)15-10/h3-6H,1-2H3,(H,13,14,15). The first-order valence-electron chi connectivity index (χ1n) is 4.83. The molecule has 16 heavy (non-hydrogen) atoms. The van der Waals surface area contributed by atoms with Gasteiger partial charge in [0.2, 0.25) is 0 Å². The maximum atomic E-state index is 8.83. The van der Waals surface area contributed by atoms with Gasteiger partial charge < -0.3 is 5.32 Å². The summed E-state index contributed by atoms with van der Waals surface area (Å²) in [5, 5.41) is 16.1. The van der Waals surface area contributed by atoms with Gasteiger partial charge in [-0.15, -0.1) is 0 Å². The molecule has 0 aliphatic carbocycles. The van der Waals surface area contributed by atoms with Crippen molar-refractivity contribution in [2.75, 3.05) is 5.32 Å². The van der Waals surface area contributed by atoms with Gasteiger partial charge in [-0.3, -0.25) is 4.68 Å². The number of aromatic nitrogens is 3. The number of nitriles is 1. The number of hydrogen-bond acceptors (Lipinski definition) is 4. The van der Waals surface area contributed by atoms with Crippen molar-refractivity contribution in [2.45, 2.75) is 6.92 Å². The molecule has 2 rings (SSSR count). The molecule has 2 aromatic heterocycles. The van der Waals surface area contributed by atoms with Gasteiger partial charge >= 0.3 is 0 Å². The molecule has 80 valence electrons. The largest absolute Gasteiger partial charge is 0.323 e. The second kappa shape index (κ2) is 4.03. The molecule has 0 saturated carbocycles. The van der Waals surface area contributed by atoms with Crippen LogP contribution in [0.2, 0.25) is 0 Å². The van der Waals surface area contributed by atoms with Gasteiger partial charge in [-0.2, -0.15) is 10.4 Å². The van der Waals surface area contributed by atoms with Crippen LogP contribution in [0.1, 0.15) is 11.3 Å². The molecule has 0 aliphatic rings. The number of hydrogen-bond donors (Lipinski definition) is 1. The van der Waals surface area contributed by atoms with E-state index in [1.54, 1.807) is 16.8 Å². The first-order chi connectivity index (χ1) is 7.67. The molecule has 2 aromatic rings. The number of nitrogens with zero attached hydrogens (tertiary/aromatic N) is 4. The SMILES string of the molecule is Cc1cc(C#N)cc(Nc2ccn(C)n2)n1. The predicted octanol–water partition coefficient (Wildman–Crippen LogP) is 1.74. The molecule has 2 heterocycles.